The minimum atomic E-state index is -3.82. The summed E-state index contributed by atoms with van der Waals surface area (Å²) in [5.74, 6) is 1.04. The lowest BCUT2D eigenvalue weighted by atomic mass is 10.3. The number of hydrogen-bond donors (Lipinski definition) is 0. The van der Waals surface area contributed by atoms with E-state index in [-0.39, 0.29) is 19.4 Å². The lowest BCUT2D eigenvalue weighted by Crippen LogP contribution is -2.18. The van der Waals surface area contributed by atoms with Gasteiger partial charge in [0.05, 0.1) is 43.9 Å². The highest BCUT2D eigenvalue weighted by Gasteiger charge is 2.24. The molecular formula is C20H19Br7O5S. The van der Waals surface area contributed by atoms with E-state index >= 15 is 0 Å². The molecule has 0 aliphatic heterocycles. The Hall–Kier alpha value is 1.31. The first-order valence-electron chi connectivity index (χ1n) is 9.41. The Kier molecular flexibility index (Phi) is 13.2. The average Bonchev–Trinajstić information content (AvgIpc) is 2.75. The third-order valence-corrected chi connectivity index (χ3v) is 10.9. The Morgan fingerprint density at radius 3 is 1.52 bits per heavy atom. The molecule has 13 heteroatoms. The minimum absolute atomic E-state index is 0.00411. The van der Waals surface area contributed by atoms with E-state index in [1.807, 2.05) is 6.92 Å². The zero-order valence-corrected chi connectivity index (χ0v) is 29.0. The minimum Gasteiger partial charge on any atom is -0.490 e. The molecule has 0 saturated carbocycles. The predicted molar refractivity (Wildman–Crippen MR) is 156 cm³/mol. The van der Waals surface area contributed by atoms with Gasteiger partial charge in [-0.2, -0.15) is 0 Å². The summed E-state index contributed by atoms with van der Waals surface area (Å²) < 4.78 is 45.8. The van der Waals surface area contributed by atoms with Crippen LogP contribution in [0.3, 0.4) is 0 Å². The molecule has 33 heavy (non-hydrogen) atoms. The zero-order chi connectivity index (χ0) is 24.8. The van der Waals surface area contributed by atoms with Gasteiger partial charge in [0.15, 0.2) is 0 Å². The van der Waals surface area contributed by atoms with E-state index in [0.29, 0.717) is 55.8 Å². The molecule has 0 spiro atoms. The van der Waals surface area contributed by atoms with Crippen LogP contribution in [-0.4, -0.2) is 49.8 Å². The standard InChI is InChI=1S/C20H19Br7O5S/c1-2-30-8-12(23)10-32-20-17(26)5-14(6-18(20)27)33(28,29)13-3-15(24)19(16(25)4-13)31-9-11(22)7-21/h3-6,11-12H,2,7-10H2,1H3. The van der Waals surface area contributed by atoms with Crippen molar-refractivity contribution in [3.05, 3.63) is 42.2 Å². The number of ether oxygens (including phenoxy) is 3. The highest BCUT2D eigenvalue weighted by Crippen LogP contribution is 2.41. The topological polar surface area (TPSA) is 61.8 Å². The molecule has 0 bridgehead atoms. The van der Waals surface area contributed by atoms with Gasteiger partial charge in [0, 0.05) is 11.9 Å². The first-order valence-corrected chi connectivity index (χ1v) is 17.0. The first-order chi connectivity index (χ1) is 15.5. The van der Waals surface area contributed by atoms with Gasteiger partial charge in [-0.05, 0) is 94.9 Å². The van der Waals surface area contributed by atoms with Crippen molar-refractivity contribution in [3.63, 3.8) is 0 Å². The van der Waals surface area contributed by atoms with Gasteiger partial charge >= 0.3 is 0 Å². The maximum atomic E-state index is 13.4. The van der Waals surface area contributed by atoms with Crippen LogP contribution in [0.4, 0.5) is 0 Å². The number of rotatable bonds is 12. The molecule has 0 radical (unpaired) electrons. The lowest BCUT2D eigenvalue weighted by Gasteiger charge is -2.16. The maximum absolute atomic E-state index is 13.4. The Morgan fingerprint density at radius 1 is 0.758 bits per heavy atom. The second-order valence-corrected chi connectivity index (χ2v) is 15.2. The molecule has 2 rings (SSSR count). The second kappa shape index (κ2) is 14.3. The summed E-state index contributed by atoms with van der Waals surface area (Å²) in [7, 11) is -3.82. The molecule has 5 nitrogen and oxygen atoms in total. The van der Waals surface area contributed by atoms with E-state index in [4.69, 9.17) is 14.2 Å². The number of alkyl halides is 3. The number of hydrogen-bond acceptors (Lipinski definition) is 5. The van der Waals surface area contributed by atoms with E-state index in [1.165, 1.54) is 24.3 Å². The number of sulfone groups is 1. The van der Waals surface area contributed by atoms with Crippen LogP contribution in [0.25, 0.3) is 0 Å². The molecule has 184 valence electrons. The Bertz CT molecular complexity index is 1020. The van der Waals surface area contributed by atoms with Gasteiger partial charge in [-0.1, -0.05) is 47.8 Å². The van der Waals surface area contributed by atoms with Gasteiger partial charge < -0.3 is 14.2 Å². The summed E-state index contributed by atoms with van der Waals surface area (Å²) in [6, 6.07) is 6.11. The average molecular weight is 931 g/mol. The fourth-order valence-electron chi connectivity index (χ4n) is 2.48. The third kappa shape index (κ3) is 8.69. The Labute approximate surface area is 252 Å². The highest BCUT2D eigenvalue weighted by molar-refractivity contribution is 9.12. The van der Waals surface area contributed by atoms with Crippen molar-refractivity contribution in [1.29, 1.82) is 0 Å². The van der Waals surface area contributed by atoms with Crippen LogP contribution in [-0.2, 0) is 14.6 Å². The van der Waals surface area contributed by atoms with E-state index in [9.17, 15) is 8.42 Å². The summed E-state index contributed by atoms with van der Waals surface area (Å²) in [6.07, 6.45) is 0. The van der Waals surface area contributed by atoms with Crippen molar-refractivity contribution in [3.8, 4) is 11.5 Å². The normalized spacial score (nSPS) is 13.6. The van der Waals surface area contributed by atoms with Gasteiger partial charge in [-0.3, -0.25) is 0 Å². The smallest absolute Gasteiger partial charge is 0.206 e. The van der Waals surface area contributed by atoms with Crippen LogP contribution in [0, 0.1) is 0 Å². The largest absolute Gasteiger partial charge is 0.490 e. The van der Waals surface area contributed by atoms with Crippen LogP contribution in [0.2, 0.25) is 0 Å². The summed E-state index contributed by atoms with van der Waals surface area (Å²) in [5, 5.41) is 0.723. The molecular weight excluding hydrogens is 912 g/mol. The first kappa shape index (κ1) is 30.5. The van der Waals surface area contributed by atoms with Crippen LogP contribution in [0.15, 0.2) is 51.9 Å². The molecule has 0 fully saturated rings. The summed E-state index contributed by atoms with van der Waals surface area (Å²) in [6.45, 7) is 3.82. The van der Waals surface area contributed by atoms with Gasteiger partial charge in [0.2, 0.25) is 9.84 Å². The molecule has 2 aromatic carbocycles. The van der Waals surface area contributed by atoms with Crippen molar-refractivity contribution in [2.75, 3.05) is 31.8 Å². The molecule has 2 aromatic rings. The molecule has 0 saturated heterocycles. The van der Waals surface area contributed by atoms with Gasteiger partial charge in [-0.25, -0.2) is 8.42 Å². The van der Waals surface area contributed by atoms with E-state index < -0.39 is 9.84 Å². The van der Waals surface area contributed by atoms with Gasteiger partial charge in [0.25, 0.3) is 0 Å². The molecule has 0 aromatic heterocycles. The van der Waals surface area contributed by atoms with Crippen LogP contribution < -0.4 is 9.47 Å². The molecule has 0 N–H and O–H groups in total. The molecule has 0 amide bonds. The summed E-state index contributed by atoms with van der Waals surface area (Å²) in [5.41, 5.74) is 0. The monoisotopic (exact) mass is 924 g/mol. The maximum Gasteiger partial charge on any atom is 0.206 e. The molecule has 2 atom stereocenters. The molecule has 0 aliphatic carbocycles. The van der Waals surface area contributed by atoms with Crippen molar-refractivity contribution in [2.24, 2.45) is 0 Å². The SMILES string of the molecule is CCOCC(Br)COc1c(Br)cc(S(=O)(=O)c2cc(Br)c(OCC(Br)CBr)c(Br)c2)cc1Br. The number of benzene rings is 2. The number of halogens is 7. The zero-order valence-electron chi connectivity index (χ0n) is 17.1. The highest BCUT2D eigenvalue weighted by atomic mass is 79.9. The summed E-state index contributed by atoms with van der Waals surface area (Å²) in [4.78, 5) is 0.360. The second-order valence-electron chi connectivity index (χ2n) is 6.57. The quantitative estimate of drug-likeness (QED) is 0.201. The van der Waals surface area contributed by atoms with Crippen LogP contribution in [0.5, 0.6) is 11.5 Å². The van der Waals surface area contributed by atoms with Crippen molar-refractivity contribution in [1.82, 2.24) is 0 Å². The van der Waals surface area contributed by atoms with Crippen LogP contribution >= 0.6 is 112 Å². The van der Waals surface area contributed by atoms with E-state index in [2.05, 4.69) is 112 Å². The van der Waals surface area contributed by atoms with Crippen molar-refractivity contribution in [2.45, 2.75) is 26.4 Å². The van der Waals surface area contributed by atoms with Crippen molar-refractivity contribution < 1.29 is 22.6 Å². The van der Waals surface area contributed by atoms with Crippen molar-refractivity contribution >= 4 is 121 Å². The van der Waals surface area contributed by atoms with E-state index in [1.54, 1.807) is 0 Å². The Morgan fingerprint density at radius 2 is 1.15 bits per heavy atom. The Balaban J connectivity index is 2.29. The molecule has 0 heterocycles. The van der Waals surface area contributed by atoms with E-state index in [0.717, 1.165) is 5.33 Å². The fourth-order valence-corrected chi connectivity index (χ4v) is 7.92. The third-order valence-electron chi connectivity index (χ3n) is 4.05. The fraction of sp³-hybridized carbons (Fsp3) is 0.400. The van der Waals surface area contributed by atoms with Gasteiger partial charge in [-0.15, -0.1) is 0 Å². The molecule has 0 aliphatic rings. The van der Waals surface area contributed by atoms with Crippen LogP contribution in [0.1, 0.15) is 6.92 Å². The summed E-state index contributed by atoms with van der Waals surface area (Å²) >= 11 is 24.1. The van der Waals surface area contributed by atoms with Gasteiger partial charge in [0.1, 0.15) is 24.7 Å². The lowest BCUT2D eigenvalue weighted by molar-refractivity contribution is 0.136. The predicted octanol–water partition coefficient (Wildman–Crippen LogP) is 8.29. The molecule has 2 unspecified atom stereocenters.